The molecule has 1 unspecified atom stereocenters. The molecule has 5 N–H and O–H groups in total. The number of benzene rings is 1. The van der Waals surface area contributed by atoms with Crippen LogP contribution in [0.3, 0.4) is 0 Å². The Bertz CT molecular complexity index is 502. The molecule has 1 atom stereocenters. The first-order chi connectivity index (χ1) is 8.40. The van der Waals surface area contributed by atoms with Crippen LogP contribution < -0.4 is 16.2 Å². The summed E-state index contributed by atoms with van der Waals surface area (Å²) in [4.78, 5) is -0.0697. The van der Waals surface area contributed by atoms with Crippen LogP contribution in [0.1, 0.15) is 13.3 Å². The Hall–Kier alpha value is -1.31. The van der Waals surface area contributed by atoms with Crippen molar-refractivity contribution in [3.8, 4) is 0 Å². The van der Waals surface area contributed by atoms with E-state index >= 15 is 0 Å². The van der Waals surface area contributed by atoms with Crippen molar-refractivity contribution in [3.63, 3.8) is 0 Å². The van der Waals surface area contributed by atoms with E-state index in [1.807, 2.05) is 6.92 Å². The van der Waals surface area contributed by atoms with E-state index in [0.717, 1.165) is 6.42 Å². The van der Waals surface area contributed by atoms with Gasteiger partial charge in [0.05, 0.1) is 18.0 Å². The smallest absolute Gasteiger partial charge is 0.240 e. The van der Waals surface area contributed by atoms with E-state index in [4.69, 9.17) is 15.6 Å². The topological polar surface area (TPSA) is 107 Å². The van der Waals surface area contributed by atoms with Crippen LogP contribution in [0.15, 0.2) is 23.1 Å². The van der Waals surface area contributed by atoms with Gasteiger partial charge in [0.15, 0.2) is 0 Å². The Kier molecular flexibility index (Phi) is 4.94. The van der Waals surface area contributed by atoms with Crippen LogP contribution in [-0.4, -0.2) is 28.2 Å². The van der Waals surface area contributed by atoms with E-state index in [2.05, 4.69) is 5.32 Å². The average molecular weight is 273 g/mol. The molecule has 18 heavy (non-hydrogen) atoms. The van der Waals surface area contributed by atoms with Crippen molar-refractivity contribution in [2.45, 2.75) is 24.3 Å². The van der Waals surface area contributed by atoms with Gasteiger partial charge in [-0.15, -0.1) is 0 Å². The average Bonchev–Trinajstić information content (AvgIpc) is 2.29. The summed E-state index contributed by atoms with van der Waals surface area (Å²) < 4.78 is 27.7. The van der Waals surface area contributed by atoms with Gasteiger partial charge in [0, 0.05) is 13.2 Å². The zero-order chi connectivity index (χ0) is 13.8. The number of sulfonamides is 1. The van der Waals surface area contributed by atoms with E-state index in [1.165, 1.54) is 6.07 Å². The van der Waals surface area contributed by atoms with Crippen molar-refractivity contribution >= 4 is 21.4 Å². The Morgan fingerprint density at radius 3 is 2.61 bits per heavy atom. The zero-order valence-electron chi connectivity index (χ0n) is 10.5. The van der Waals surface area contributed by atoms with Gasteiger partial charge in [-0.1, -0.05) is 13.0 Å². The highest BCUT2D eigenvalue weighted by Crippen LogP contribution is 2.26. The van der Waals surface area contributed by atoms with Crippen LogP contribution in [0.5, 0.6) is 0 Å². The molecule has 1 aromatic rings. The molecule has 0 bridgehead atoms. The van der Waals surface area contributed by atoms with Crippen molar-refractivity contribution in [2.75, 3.05) is 24.8 Å². The van der Waals surface area contributed by atoms with Crippen LogP contribution in [0, 0.1) is 0 Å². The number of rotatable bonds is 6. The quantitative estimate of drug-likeness (QED) is 0.663. The van der Waals surface area contributed by atoms with Gasteiger partial charge in [0.2, 0.25) is 10.0 Å². The van der Waals surface area contributed by atoms with E-state index < -0.39 is 10.0 Å². The van der Waals surface area contributed by atoms with Gasteiger partial charge in [-0.3, -0.25) is 0 Å². The standard InChI is InChI=1S/C11H19N3O3S/c1-3-8(7-17-2)14-9-5-4-6-10(11(9)12)18(13,15)16/h4-6,8,14H,3,7,12H2,1-2H3,(H2,13,15,16). The van der Waals surface area contributed by atoms with Crippen molar-refractivity contribution in [2.24, 2.45) is 5.14 Å². The number of nitrogens with two attached hydrogens (primary N) is 2. The highest BCUT2D eigenvalue weighted by atomic mass is 32.2. The summed E-state index contributed by atoms with van der Waals surface area (Å²) in [5.41, 5.74) is 6.49. The molecule has 0 amide bonds. The van der Waals surface area contributed by atoms with E-state index in [1.54, 1.807) is 19.2 Å². The molecule has 0 spiro atoms. The van der Waals surface area contributed by atoms with Crippen LogP contribution in [0.4, 0.5) is 11.4 Å². The lowest BCUT2D eigenvalue weighted by atomic mass is 10.2. The minimum absolute atomic E-state index is 0.0630. The zero-order valence-corrected chi connectivity index (χ0v) is 11.3. The number of anilines is 2. The van der Waals surface area contributed by atoms with E-state index in [0.29, 0.717) is 12.3 Å². The van der Waals surface area contributed by atoms with Gasteiger partial charge < -0.3 is 15.8 Å². The van der Waals surface area contributed by atoms with E-state index in [9.17, 15) is 8.42 Å². The summed E-state index contributed by atoms with van der Waals surface area (Å²) >= 11 is 0. The molecule has 1 rings (SSSR count). The van der Waals surface area contributed by atoms with Gasteiger partial charge in [-0.05, 0) is 18.6 Å². The fourth-order valence-electron chi connectivity index (χ4n) is 1.60. The van der Waals surface area contributed by atoms with Crippen LogP contribution in [-0.2, 0) is 14.8 Å². The Morgan fingerprint density at radius 2 is 2.11 bits per heavy atom. The largest absolute Gasteiger partial charge is 0.396 e. The maximum absolute atomic E-state index is 11.3. The molecule has 0 aliphatic heterocycles. The molecule has 102 valence electrons. The Morgan fingerprint density at radius 1 is 1.44 bits per heavy atom. The number of nitrogen functional groups attached to an aromatic ring is 1. The number of ether oxygens (including phenoxy) is 1. The molecule has 1 aromatic carbocycles. The molecule has 0 saturated heterocycles. The predicted octanol–water partition coefficient (Wildman–Crippen LogP) is 0.753. The Balaban J connectivity index is 3.04. The molecule has 0 fully saturated rings. The van der Waals surface area contributed by atoms with Crippen molar-refractivity contribution < 1.29 is 13.2 Å². The van der Waals surface area contributed by atoms with Crippen LogP contribution >= 0.6 is 0 Å². The monoisotopic (exact) mass is 273 g/mol. The van der Waals surface area contributed by atoms with Gasteiger partial charge in [0.1, 0.15) is 4.90 Å². The van der Waals surface area contributed by atoms with Gasteiger partial charge in [0.25, 0.3) is 0 Å². The molecule has 0 aliphatic carbocycles. The number of primary sulfonamides is 1. The second-order valence-corrected chi connectivity index (χ2v) is 5.50. The second-order valence-electron chi connectivity index (χ2n) is 3.97. The summed E-state index contributed by atoms with van der Waals surface area (Å²) in [6.07, 6.45) is 0.826. The highest BCUT2D eigenvalue weighted by molar-refractivity contribution is 7.89. The summed E-state index contributed by atoms with van der Waals surface area (Å²) in [6.45, 7) is 2.51. The van der Waals surface area contributed by atoms with Crippen LogP contribution in [0.2, 0.25) is 0 Å². The number of hydrogen-bond donors (Lipinski definition) is 3. The molecular formula is C11H19N3O3S. The lowest BCUT2D eigenvalue weighted by Gasteiger charge is -2.19. The first kappa shape index (κ1) is 14.7. The third-order valence-electron chi connectivity index (χ3n) is 2.59. The normalized spacial score (nSPS) is 13.3. The number of hydrogen-bond acceptors (Lipinski definition) is 5. The summed E-state index contributed by atoms with van der Waals surface area (Å²) in [6, 6.07) is 4.75. The fourth-order valence-corrected chi connectivity index (χ4v) is 2.29. The molecule has 0 heterocycles. The molecule has 0 saturated carbocycles. The fraction of sp³-hybridized carbons (Fsp3) is 0.455. The summed E-state index contributed by atoms with van der Waals surface area (Å²) in [5.74, 6) is 0. The third-order valence-corrected chi connectivity index (χ3v) is 3.56. The first-order valence-corrected chi connectivity index (χ1v) is 7.11. The minimum Gasteiger partial charge on any atom is -0.396 e. The predicted molar refractivity (Wildman–Crippen MR) is 71.8 cm³/mol. The SMILES string of the molecule is CCC(COC)Nc1cccc(S(N)(=O)=O)c1N. The number of methoxy groups -OCH3 is 1. The number of para-hydroxylation sites is 1. The van der Waals surface area contributed by atoms with E-state index in [-0.39, 0.29) is 16.6 Å². The first-order valence-electron chi connectivity index (χ1n) is 5.57. The highest BCUT2D eigenvalue weighted by Gasteiger charge is 2.16. The minimum atomic E-state index is -3.81. The summed E-state index contributed by atoms with van der Waals surface area (Å²) in [7, 11) is -2.20. The summed E-state index contributed by atoms with van der Waals surface area (Å²) in [5, 5.41) is 8.23. The Labute approximate surface area is 107 Å². The lowest BCUT2D eigenvalue weighted by molar-refractivity contribution is 0.184. The second kappa shape index (κ2) is 6.03. The lowest BCUT2D eigenvalue weighted by Crippen LogP contribution is -2.25. The molecule has 0 aromatic heterocycles. The molecule has 6 nitrogen and oxygen atoms in total. The molecular weight excluding hydrogens is 254 g/mol. The molecule has 7 heteroatoms. The maximum Gasteiger partial charge on any atom is 0.240 e. The maximum atomic E-state index is 11.3. The number of nitrogens with one attached hydrogen (secondary N) is 1. The van der Waals surface area contributed by atoms with Crippen molar-refractivity contribution in [1.29, 1.82) is 0 Å². The van der Waals surface area contributed by atoms with Gasteiger partial charge in [-0.25, -0.2) is 13.6 Å². The molecule has 0 aliphatic rings. The van der Waals surface area contributed by atoms with Crippen molar-refractivity contribution in [3.05, 3.63) is 18.2 Å². The molecule has 0 radical (unpaired) electrons. The van der Waals surface area contributed by atoms with Gasteiger partial charge >= 0.3 is 0 Å². The third kappa shape index (κ3) is 3.59. The van der Waals surface area contributed by atoms with Crippen molar-refractivity contribution in [1.82, 2.24) is 0 Å². The van der Waals surface area contributed by atoms with Crippen LogP contribution in [0.25, 0.3) is 0 Å². The van der Waals surface area contributed by atoms with Gasteiger partial charge in [-0.2, -0.15) is 0 Å².